The summed E-state index contributed by atoms with van der Waals surface area (Å²) in [6.07, 6.45) is 0. The second kappa shape index (κ2) is 6.88. The summed E-state index contributed by atoms with van der Waals surface area (Å²) in [5, 5.41) is 5.77. The highest BCUT2D eigenvalue weighted by Crippen LogP contribution is 2.31. The molecular weight excluding hydrogens is 359 g/mol. The van der Waals surface area contributed by atoms with Crippen LogP contribution in [0.25, 0.3) is 28.1 Å². The Balaban J connectivity index is 0.00000182. The molecule has 0 amide bonds. The van der Waals surface area contributed by atoms with Gasteiger partial charge >= 0.3 is 0 Å². The van der Waals surface area contributed by atoms with Crippen LogP contribution in [-0.4, -0.2) is 14.7 Å². The van der Waals surface area contributed by atoms with Gasteiger partial charge in [0.05, 0.1) is 11.2 Å². The van der Waals surface area contributed by atoms with Crippen molar-refractivity contribution < 1.29 is 4.52 Å². The van der Waals surface area contributed by atoms with Crippen molar-refractivity contribution in [2.75, 3.05) is 0 Å². The smallest absolute Gasteiger partial charge is 0.223 e. The minimum atomic E-state index is 0. The van der Waals surface area contributed by atoms with Gasteiger partial charge in [-0.05, 0) is 42.0 Å². The Labute approximate surface area is 155 Å². The van der Waals surface area contributed by atoms with Crippen molar-refractivity contribution in [2.45, 2.75) is 13.5 Å². The van der Waals surface area contributed by atoms with Crippen LogP contribution in [0.4, 0.5) is 0 Å². The van der Waals surface area contributed by atoms with Gasteiger partial charge < -0.3 is 14.8 Å². The van der Waals surface area contributed by atoms with Crippen molar-refractivity contribution in [3.63, 3.8) is 0 Å². The lowest BCUT2D eigenvalue weighted by Crippen LogP contribution is -2.00. The first-order chi connectivity index (χ1) is 11.7. The maximum Gasteiger partial charge on any atom is 0.223 e. The van der Waals surface area contributed by atoms with Crippen LogP contribution < -0.4 is 5.73 Å². The topological polar surface area (TPSA) is 69.9 Å². The number of nitrogens with zero attached hydrogens (tertiary/aromatic N) is 3. The van der Waals surface area contributed by atoms with Crippen LogP contribution in [-0.2, 0) is 6.54 Å². The molecule has 0 unspecified atom stereocenters. The SMILES string of the molecule is Cc1nc(-c2cc3cc(Cl)ccc3n2-c2ccc(CN)cc2)no1.Cl. The van der Waals surface area contributed by atoms with Crippen molar-refractivity contribution in [3.05, 3.63) is 65.0 Å². The Bertz CT molecular complexity index is 1020. The average Bonchev–Trinajstić information content (AvgIpc) is 3.18. The minimum absolute atomic E-state index is 0. The van der Waals surface area contributed by atoms with Crippen LogP contribution >= 0.6 is 24.0 Å². The van der Waals surface area contributed by atoms with Gasteiger partial charge in [-0.25, -0.2) is 0 Å². The van der Waals surface area contributed by atoms with Crippen LogP contribution in [0.5, 0.6) is 0 Å². The van der Waals surface area contributed by atoms with Gasteiger partial charge in [-0.1, -0.05) is 28.9 Å². The molecule has 7 heteroatoms. The van der Waals surface area contributed by atoms with Gasteiger partial charge in [0.2, 0.25) is 11.7 Å². The maximum absolute atomic E-state index is 6.14. The lowest BCUT2D eigenvalue weighted by molar-refractivity contribution is 0.394. The Morgan fingerprint density at radius 1 is 1.12 bits per heavy atom. The molecule has 0 aliphatic heterocycles. The summed E-state index contributed by atoms with van der Waals surface area (Å²) in [7, 11) is 0. The molecule has 0 spiro atoms. The summed E-state index contributed by atoms with van der Waals surface area (Å²) >= 11 is 6.14. The van der Waals surface area contributed by atoms with Crippen LogP contribution in [0, 0.1) is 6.92 Å². The zero-order valence-electron chi connectivity index (χ0n) is 13.4. The summed E-state index contributed by atoms with van der Waals surface area (Å²) in [5.41, 5.74) is 9.65. The van der Waals surface area contributed by atoms with Crippen LogP contribution in [0.3, 0.4) is 0 Å². The number of hydrogen-bond donors (Lipinski definition) is 1. The van der Waals surface area contributed by atoms with Gasteiger partial charge in [0.1, 0.15) is 0 Å². The molecule has 0 saturated carbocycles. The first-order valence-electron chi connectivity index (χ1n) is 7.57. The molecule has 2 aromatic heterocycles. The van der Waals surface area contributed by atoms with E-state index in [4.69, 9.17) is 21.9 Å². The molecule has 2 heterocycles. The van der Waals surface area contributed by atoms with Gasteiger partial charge in [0.25, 0.3) is 0 Å². The highest BCUT2D eigenvalue weighted by molar-refractivity contribution is 6.31. The largest absolute Gasteiger partial charge is 0.339 e. The molecule has 4 rings (SSSR count). The van der Waals surface area contributed by atoms with Crippen molar-refractivity contribution in [2.24, 2.45) is 5.73 Å². The molecule has 25 heavy (non-hydrogen) atoms. The lowest BCUT2D eigenvalue weighted by Gasteiger charge is -2.10. The van der Waals surface area contributed by atoms with Crippen molar-refractivity contribution in [1.82, 2.24) is 14.7 Å². The monoisotopic (exact) mass is 374 g/mol. The van der Waals surface area contributed by atoms with E-state index in [1.54, 1.807) is 6.92 Å². The predicted molar refractivity (Wildman–Crippen MR) is 101 cm³/mol. The van der Waals surface area contributed by atoms with Crippen molar-refractivity contribution in [3.8, 4) is 17.2 Å². The normalized spacial score (nSPS) is 10.8. The van der Waals surface area contributed by atoms with Gasteiger partial charge in [-0.3, -0.25) is 0 Å². The summed E-state index contributed by atoms with van der Waals surface area (Å²) in [6, 6.07) is 15.9. The van der Waals surface area contributed by atoms with Crippen LogP contribution in [0.15, 0.2) is 53.1 Å². The fourth-order valence-electron chi connectivity index (χ4n) is 2.81. The molecule has 0 atom stereocenters. The van der Waals surface area contributed by atoms with E-state index in [0.29, 0.717) is 23.3 Å². The highest BCUT2D eigenvalue weighted by Gasteiger charge is 2.16. The summed E-state index contributed by atoms with van der Waals surface area (Å²) < 4.78 is 7.24. The third-order valence-electron chi connectivity index (χ3n) is 3.95. The van der Waals surface area contributed by atoms with E-state index >= 15 is 0 Å². The number of rotatable bonds is 3. The van der Waals surface area contributed by atoms with Gasteiger partial charge in [-0.15, -0.1) is 12.4 Å². The second-order valence-electron chi connectivity index (χ2n) is 5.58. The van der Waals surface area contributed by atoms with Crippen LogP contribution in [0.1, 0.15) is 11.5 Å². The van der Waals surface area contributed by atoms with E-state index in [0.717, 1.165) is 27.8 Å². The molecule has 0 aliphatic carbocycles. The van der Waals surface area contributed by atoms with Gasteiger partial charge in [0, 0.05) is 29.6 Å². The Morgan fingerprint density at radius 2 is 1.88 bits per heavy atom. The van der Waals surface area contributed by atoms with Crippen molar-refractivity contribution >= 4 is 34.9 Å². The molecule has 128 valence electrons. The standard InChI is InChI=1S/C18H15ClN4O.ClH/c1-11-21-18(22-24-11)17-9-13-8-14(19)4-7-16(13)23(17)15-5-2-12(10-20)3-6-15;/h2-9H,10,20H2,1H3;1H. The first-order valence-corrected chi connectivity index (χ1v) is 7.94. The van der Waals surface area contributed by atoms with Gasteiger partial charge in [0.15, 0.2) is 0 Å². The number of benzene rings is 2. The summed E-state index contributed by atoms with van der Waals surface area (Å²) in [5.74, 6) is 1.07. The molecule has 0 bridgehead atoms. The highest BCUT2D eigenvalue weighted by atomic mass is 35.5. The molecule has 2 aromatic carbocycles. The number of aromatic nitrogens is 3. The Hall–Kier alpha value is -2.34. The van der Waals surface area contributed by atoms with Crippen LogP contribution in [0.2, 0.25) is 5.02 Å². The fourth-order valence-corrected chi connectivity index (χ4v) is 2.99. The second-order valence-corrected chi connectivity index (χ2v) is 6.01. The molecule has 2 N–H and O–H groups in total. The summed E-state index contributed by atoms with van der Waals surface area (Å²) in [6.45, 7) is 2.29. The van der Waals surface area contributed by atoms with E-state index in [-0.39, 0.29) is 12.4 Å². The molecule has 0 fully saturated rings. The maximum atomic E-state index is 6.14. The molecular formula is C18H16Cl2N4O. The molecule has 0 saturated heterocycles. The number of aryl methyl sites for hydroxylation is 1. The van der Waals surface area contributed by atoms with E-state index in [1.165, 1.54) is 0 Å². The zero-order valence-corrected chi connectivity index (χ0v) is 15.0. The fraction of sp³-hybridized carbons (Fsp3) is 0.111. The third kappa shape index (κ3) is 3.14. The molecule has 0 aliphatic rings. The van der Waals surface area contributed by atoms with E-state index in [1.807, 2.05) is 48.5 Å². The number of halogens is 2. The quantitative estimate of drug-likeness (QED) is 0.572. The molecule has 5 nitrogen and oxygen atoms in total. The predicted octanol–water partition coefficient (Wildman–Crippen LogP) is 4.52. The Morgan fingerprint density at radius 3 is 2.52 bits per heavy atom. The number of nitrogens with two attached hydrogens (primary N) is 1. The lowest BCUT2D eigenvalue weighted by atomic mass is 10.2. The van der Waals surface area contributed by atoms with E-state index in [2.05, 4.69) is 14.7 Å². The minimum Gasteiger partial charge on any atom is -0.339 e. The number of hydrogen-bond acceptors (Lipinski definition) is 4. The molecule has 0 radical (unpaired) electrons. The first kappa shape index (κ1) is 17.5. The average molecular weight is 375 g/mol. The zero-order chi connectivity index (χ0) is 16.7. The van der Waals surface area contributed by atoms with Gasteiger partial charge in [-0.2, -0.15) is 4.98 Å². The molecule has 4 aromatic rings. The van der Waals surface area contributed by atoms with E-state index in [9.17, 15) is 0 Å². The Kier molecular flexibility index (Phi) is 4.81. The number of fused-ring (bicyclic) bond motifs is 1. The van der Waals surface area contributed by atoms with Crippen molar-refractivity contribution in [1.29, 1.82) is 0 Å². The summed E-state index contributed by atoms with van der Waals surface area (Å²) in [4.78, 5) is 4.37. The van der Waals surface area contributed by atoms with E-state index < -0.39 is 0 Å². The third-order valence-corrected chi connectivity index (χ3v) is 4.19.